The molecule has 0 N–H and O–H groups in total. The molecule has 71 heavy (non-hydrogen) atoms. The van der Waals surface area contributed by atoms with Crippen LogP contribution in [0.1, 0.15) is 278 Å². The van der Waals surface area contributed by atoms with Crippen LogP contribution in [-0.2, 0) is 28.6 Å². The summed E-state index contributed by atoms with van der Waals surface area (Å²) >= 11 is 0. The van der Waals surface area contributed by atoms with E-state index in [0.29, 0.717) is 19.3 Å². The van der Waals surface area contributed by atoms with E-state index in [4.69, 9.17) is 14.2 Å². The molecule has 0 aliphatic heterocycles. The summed E-state index contributed by atoms with van der Waals surface area (Å²) in [6.45, 7) is 6.48. The fourth-order valence-corrected chi connectivity index (χ4v) is 8.08. The first kappa shape index (κ1) is 67.3. The summed E-state index contributed by atoms with van der Waals surface area (Å²) in [7, 11) is 0. The van der Waals surface area contributed by atoms with E-state index in [-0.39, 0.29) is 31.1 Å². The summed E-state index contributed by atoms with van der Waals surface area (Å²) in [4.78, 5) is 38.2. The molecule has 0 aromatic heterocycles. The highest BCUT2D eigenvalue weighted by molar-refractivity contribution is 5.71. The molecular weight excluding hydrogens is 877 g/mol. The lowest BCUT2D eigenvalue weighted by Crippen LogP contribution is -2.30. The Kier molecular flexibility index (Phi) is 55.9. The molecule has 0 radical (unpaired) electrons. The smallest absolute Gasteiger partial charge is 0.306 e. The summed E-state index contributed by atoms with van der Waals surface area (Å²) in [6, 6.07) is 0. The number of esters is 3. The molecule has 0 aromatic carbocycles. The highest BCUT2D eigenvalue weighted by Gasteiger charge is 2.19. The Hall–Kier alpha value is -3.67. The van der Waals surface area contributed by atoms with Gasteiger partial charge in [-0.25, -0.2) is 0 Å². The van der Waals surface area contributed by atoms with Crippen molar-refractivity contribution in [2.45, 2.75) is 284 Å². The maximum atomic E-state index is 12.9. The minimum Gasteiger partial charge on any atom is -0.462 e. The molecule has 0 amide bonds. The van der Waals surface area contributed by atoms with Crippen LogP contribution in [0.3, 0.4) is 0 Å². The molecule has 0 rings (SSSR count). The first-order valence-corrected chi connectivity index (χ1v) is 29.7. The van der Waals surface area contributed by atoms with E-state index < -0.39 is 6.10 Å². The van der Waals surface area contributed by atoms with Crippen LogP contribution in [0.2, 0.25) is 0 Å². The zero-order valence-corrected chi connectivity index (χ0v) is 46.5. The van der Waals surface area contributed by atoms with Gasteiger partial charge in [-0.1, -0.05) is 234 Å². The van der Waals surface area contributed by atoms with E-state index in [1.807, 2.05) is 0 Å². The van der Waals surface area contributed by atoms with Gasteiger partial charge in [-0.3, -0.25) is 14.4 Å². The second-order valence-corrected chi connectivity index (χ2v) is 19.5. The molecule has 0 aromatic rings. The molecule has 1 unspecified atom stereocenters. The molecule has 1 atom stereocenters. The number of unbranched alkanes of at least 4 members (excludes halogenated alkanes) is 26. The molecule has 0 aliphatic carbocycles. The quantitative estimate of drug-likeness (QED) is 0.0261. The zero-order valence-electron chi connectivity index (χ0n) is 46.5. The lowest BCUT2D eigenvalue weighted by molar-refractivity contribution is -0.167. The van der Waals surface area contributed by atoms with E-state index in [9.17, 15) is 14.4 Å². The number of rotatable bonds is 53. The number of hydrogen-bond donors (Lipinski definition) is 0. The second kappa shape index (κ2) is 58.9. The van der Waals surface area contributed by atoms with Gasteiger partial charge in [0, 0.05) is 19.3 Å². The second-order valence-electron chi connectivity index (χ2n) is 19.5. The number of hydrogen-bond acceptors (Lipinski definition) is 6. The number of carbonyl (C=O) groups is 3. The molecule has 0 fully saturated rings. The standard InChI is InChI=1S/C65H110O6/c1-4-7-10-13-16-19-22-25-28-29-30-31-32-33-34-35-38-40-43-46-49-52-55-58-64(67)70-61-62(71-65(68)59-56-53-50-47-44-41-37-27-24-21-18-15-12-9-6-3)60-69-63(66)57-54-51-48-45-42-39-36-26-23-20-17-14-11-8-5-2/h7,10,16,18-19,21,25-28,30-31,33-34,36-37,62H,4-6,8-9,11-15,17,20,22-24,29,32,35,38-61H2,1-3H3/b10-7-,19-16-,21-18-,28-25-,31-30-,34-33-,36-26-,37-27-. The predicted octanol–water partition coefficient (Wildman–Crippen LogP) is 20.1. The number of carbonyl (C=O) groups excluding carboxylic acids is 3. The summed E-state index contributed by atoms with van der Waals surface area (Å²) in [5.41, 5.74) is 0. The zero-order chi connectivity index (χ0) is 51.4. The van der Waals surface area contributed by atoms with Gasteiger partial charge >= 0.3 is 17.9 Å². The monoisotopic (exact) mass is 987 g/mol. The van der Waals surface area contributed by atoms with Crippen molar-refractivity contribution in [2.24, 2.45) is 0 Å². The van der Waals surface area contributed by atoms with Crippen molar-refractivity contribution in [1.29, 1.82) is 0 Å². The van der Waals surface area contributed by atoms with E-state index in [2.05, 4.69) is 118 Å². The van der Waals surface area contributed by atoms with Gasteiger partial charge in [0.1, 0.15) is 13.2 Å². The Morgan fingerprint density at radius 3 is 0.901 bits per heavy atom. The van der Waals surface area contributed by atoms with Crippen LogP contribution in [0, 0.1) is 0 Å². The molecule has 6 heteroatoms. The summed E-state index contributed by atoms with van der Waals surface area (Å²) in [5.74, 6) is -0.919. The third-order valence-corrected chi connectivity index (χ3v) is 12.5. The summed E-state index contributed by atoms with van der Waals surface area (Å²) in [5, 5.41) is 0. The van der Waals surface area contributed by atoms with E-state index in [0.717, 1.165) is 128 Å². The van der Waals surface area contributed by atoms with Crippen LogP contribution >= 0.6 is 0 Å². The summed E-state index contributed by atoms with van der Waals surface area (Å²) in [6.07, 6.45) is 78.2. The molecule has 0 bridgehead atoms. The van der Waals surface area contributed by atoms with Crippen LogP contribution in [0.25, 0.3) is 0 Å². The van der Waals surface area contributed by atoms with Gasteiger partial charge < -0.3 is 14.2 Å². The number of allylic oxidation sites excluding steroid dienone is 16. The molecule has 0 aliphatic rings. The van der Waals surface area contributed by atoms with Gasteiger partial charge in [0.15, 0.2) is 6.10 Å². The van der Waals surface area contributed by atoms with Crippen molar-refractivity contribution >= 4 is 17.9 Å². The highest BCUT2D eigenvalue weighted by Crippen LogP contribution is 2.14. The third kappa shape index (κ3) is 57.1. The predicted molar refractivity (Wildman–Crippen MR) is 307 cm³/mol. The molecule has 0 saturated carbocycles. The fraction of sp³-hybridized carbons (Fsp3) is 0.708. The molecule has 0 spiro atoms. The lowest BCUT2D eigenvalue weighted by Gasteiger charge is -2.18. The fourth-order valence-electron chi connectivity index (χ4n) is 8.08. The first-order chi connectivity index (χ1) is 35.0. The average Bonchev–Trinajstić information content (AvgIpc) is 3.37. The van der Waals surface area contributed by atoms with Crippen LogP contribution in [0.5, 0.6) is 0 Å². The number of ether oxygens (including phenoxy) is 3. The maximum absolute atomic E-state index is 12.9. The van der Waals surface area contributed by atoms with Crippen LogP contribution in [-0.4, -0.2) is 37.2 Å². The Morgan fingerprint density at radius 2 is 0.549 bits per heavy atom. The molecule has 6 nitrogen and oxygen atoms in total. The van der Waals surface area contributed by atoms with E-state index in [1.54, 1.807) is 0 Å². The average molecular weight is 988 g/mol. The topological polar surface area (TPSA) is 78.9 Å². The molecule has 0 saturated heterocycles. The van der Waals surface area contributed by atoms with Crippen molar-refractivity contribution in [1.82, 2.24) is 0 Å². The van der Waals surface area contributed by atoms with E-state index in [1.165, 1.54) is 109 Å². The van der Waals surface area contributed by atoms with Crippen LogP contribution < -0.4 is 0 Å². The van der Waals surface area contributed by atoms with E-state index >= 15 is 0 Å². The molecule has 406 valence electrons. The first-order valence-electron chi connectivity index (χ1n) is 29.7. The molecule has 0 heterocycles. The Labute approximate surface area is 438 Å². The van der Waals surface area contributed by atoms with Gasteiger partial charge in [0.2, 0.25) is 0 Å². The SMILES string of the molecule is CC/C=C\C/C=C\C/C=C\C/C=C\C/C=C\CCCCCCCCCC(=O)OCC(COC(=O)CCCCCCC/C=C\CCCCCCCC)OC(=O)CCCCCCC/C=C\C/C=C\CCCCC. The normalized spacial score (nSPS) is 12.8. The van der Waals surface area contributed by atoms with Gasteiger partial charge in [-0.15, -0.1) is 0 Å². The lowest BCUT2D eigenvalue weighted by atomic mass is 10.1. The van der Waals surface area contributed by atoms with Crippen LogP contribution in [0.4, 0.5) is 0 Å². The van der Waals surface area contributed by atoms with Crippen LogP contribution in [0.15, 0.2) is 97.2 Å². The Morgan fingerprint density at radius 1 is 0.296 bits per heavy atom. The van der Waals surface area contributed by atoms with Gasteiger partial charge in [0.25, 0.3) is 0 Å². The third-order valence-electron chi connectivity index (χ3n) is 12.5. The minimum absolute atomic E-state index is 0.0911. The molecular formula is C65H110O6. The van der Waals surface area contributed by atoms with Crippen molar-refractivity contribution in [3.8, 4) is 0 Å². The Balaban J connectivity index is 4.40. The van der Waals surface area contributed by atoms with Crippen molar-refractivity contribution in [3.05, 3.63) is 97.2 Å². The summed E-state index contributed by atoms with van der Waals surface area (Å²) < 4.78 is 16.9. The maximum Gasteiger partial charge on any atom is 0.306 e. The van der Waals surface area contributed by atoms with Crippen molar-refractivity contribution in [3.63, 3.8) is 0 Å². The van der Waals surface area contributed by atoms with Gasteiger partial charge in [0.05, 0.1) is 0 Å². The van der Waals surface area contributed by atoms with Crippen molar-refractivity contribution < 1.29 is 28.6 Å². The highest BCUT2D eigenvalue weighted by atomic mass is 16.6. The van der Waals surface area contributed by atoms with Crippen molar-refractivity contribution in [2.75, 3.05) is 13.2 Å². The van der Waals surface area contributed by atoms with Gasteiger partial charge in [-0.2, -0.15) is 0 Å². The Bertz CT molecular complexity index is 1410. The minimum atomic E-state index is -0.794. The largest absolute Gasteiger partial charge is 0.462 e. The van der Waals surface area contributed by atoms with Gasteiger partial charge in [-0.05, 0) is 122 Å².